The van der Waals surface area contributed by atoms with E-state index in [-0.39, 0.29) is 0 Å². The first-order valence-electron chi connectivity index (χ1n) is 4.73. The minimum Gasteiger partial charge on any atom is -0.300 e. The zero-order valence-electron chi connectivity index (χ0n) is 7.99. The summed E-state index contributed by atoms with van der Waals surface area (Å²) in [7, 11) is 0. The van der Waals surface area contributed by atoms with Gasteiger partial charge in [0.2, 0.25) is 0 Å². The molecule has 1 heterocycles. The SMILES string of the molecule is CCC(=O)CCCc1cccnc1. The van der Waals surface area contributed by atoms with Gasteiger partial charge in [0.25, 0.3) is 0 Å². The van der Waals surface area contributed by atoms with Crippen molar-refractivity contribution in [3.8, 4) is 0 Å². The van der Waals surface area contributed by atoms with Gasteiger partial charge in [-0.1, -0.05) is 13.0 Å². The smallest absolute Gasteiger partial charge is 0.132 e. The minimum atomic E-state index is 0.351. The van der Waals surface area contributed by atoms with E-state index in [1.165, 1.54) is 5.56 Å². The summed E-state index contributed by atoms with van der Waals surface area (Å²) < 4.78 is 0. The van der Waals surface area contributed by atoms with E-state index in [1.54, 1.807) is 6.20 Å². The third-order valence-corrected chi connectivity index (χ3v) is 2.04. The first-order valence-corrected chi connectivity index (χ1v) is 4.73. The molecule has 0 saturated carbocycles. The quantitative estimate of drug-likeness (QED) is 0.691. The number of rotatable bonds is 5. The van der Waals surface area contributed by atoms with Gasteiger partial charge in [0.05, 0.1) is 0 Å². The molecule has 13 heavy (non-hydrogen) atoms. The minimum absolute atomic E-state index is 0.351. The summed E-state index contributed by atoms with van der Waals surface area (Å²) in [6.45, 7) is 1.91. The van der Waals surface area contributed by atoms with Gasteiger partial charge in [-0.15, -0.1) is 0 Å². The van der Waals surface area contributed by atoms with Crippen LogP contribution in [-0.4, -0.2) is 10.8 Å². The second-order valence-corrected chi connectivity index (χ2v) is 3.11. The summed E-state index contributed by atoms with van der Waals surface area (Å²) in [6, 6.07) is 3.97. The van der Waals surface area contributed by atoms with Crippen LogP contribution in [0.2, 0.25) is 0 Å². The van der Waals surface area contributed by atoms with Crippen LogP contribution in [0.3, 0.4) is 0 Å². The number of pyridine rings is 1. The number of nitrogens with zero attached hydrogens (tertiary/aromatic N) is 1. The van der Waals surface area contributed by atoms with Gasteiger partial charge in [0.1, 0.15) is 5.78 Å². The van der Waals surface area contributed by atoms with Gasteiger partial charge in [0.15, 0.2) is 0 Å². The van der Waals surface area contributed by atoms with Crippen LogP contribution in [0, 0.1) is 0 Å². The summed E-state index contributed by atoms with van der Waals surface area (Å²) in [5.41, 5.74) is 1.21. The normalized spacial score (nSPS) is 9.92. The number of hydrogen-bond acceptors (Lipinski definition) is 2. The Bertz CT molecular complexity index is 256. The molecule has 1 rings (SSSR count). The third-order valence-electron chi connectivity index (χ3n) is 2.04. The lowest BCUT2D eigenvalue weighted by molar-refractivity contribution is -0.118. The summed E-state index contributed by atoms with van der Waals surface area (Å²) in [6.07, 6.45) is 6.88. The van der Waals surface area contributed by atoms with Crippen molar-refractivity contribution in [3.05, 3.63) is 30.1 Å². The van der Waals surface area contributed by atoms with E-state index in [2.05, 4.69) is 4.98 Å². The van der Waals surface area contributed by atoms with Gasteiger partial charge < -0.3 is 0 Å². The fourth-order valence-corrected chi connectivity index (χ4v) is 1.21. The molecule has 0 aliphatic carbocycles. The molecule has 2 nitrogen and oxygen atoms in total. The number of ketones is 1. The maximum atomic E-state index is 11.0. The standard InChI is InChI=1S/C11H15NO/c1-2-11(13)7-3-5-10-6-4-8-12-9-10/h4,6,8-9H,2-3,5,7H2,1H3. The van der Waals surface area contributed by atoms with Crippen LogP contribution in [0.1, 0.15) is 31.7 Å². The Kier molecular flexibility index (Phi) is 4.16. The van der Waals surface area contributed by atoms with E-state index in [4.69, 9.17) is 0 Å². The average molecular weight is 177 g/mol. The number of Topliss-reactive ketones (excluding diaryl/α,β-unsaturated/α-hetero) is 1. The largest absolute Gasteiger partial charge is 0.300 e. The lowest BCUT2D eigenvalue weighted by Gasteiger charge is -1.98. The molecule has 0 aliphatic rings. The molecule has 0 radical (unpaired) electrons. The number of aryl methyl sites for hydroxylation is 1. The summed E-state index contributed by atoms with van der Waals surface area (Å²) in [5, 5.41) is 0. The van der Waals surface area contributed by atoms with E-state index < -0.39 is 0 Å². The van der Waals surface area contributed by atoms with Crippen LogP contribution in [-0.2, 0) is 11.2 Å². The molecule has 0 unspecified atom stereocenters. The molecule has 0 spiro atoms. The van der Waals surface area contributed by atoms with E-state index in [1.807, 2.05) is 25.3 Å². The van der Waals surface area contributed by atoms with E-state index in [0.29, 0.717) is 18.6 Å². The highest BCUT2D eigenvalue weighted by Crippen LogP contribution is 2.03. The highest BCUT2D eigenvalue weighted by Gasteiger charge is 1.98. The second kappa shape index (κ2) is 5.46. The van der Waals surface area contributed by atoms with Crippen molar-refractivity contribution in [2.24, 2.45) is 0 Å². The predicted molar refractivity (Wildman–Crippen MR) is 52.5 cm³/mol. The molecule has 0 atom stereocenters. The van der Waals surface area contributed by atoms with Crippen LogP contribution < -0.4 is 0 Å². The van der Waals surface area contributed by atoms with Crippen molar-refractivity contribution in [2.75, 3.05) is 0 Å². The van der Waals surface area contributed by atoms with Crippen molar-refractivity contribution in [1.29, 1.82) is 0 Å². The van der Waals surface area contributed by atoms with Crippen molar-refractivity contribution < 1.29 is 4.79 Å². The van der Waals surface area contributed by atoms with E-state index >= 15 is 0 Å². The third kappa shape index (κ3) is 3.83. The molecule has 0 aliphatic heterocycles. The lowest BCUT2D eigenvalue weighted by Crippen LogP contribution is -1.96. The van der Waals surface area contributed by atoms with Crippen molar-refractivity contribution in [3.63, 3.8) is 0 Å². The number of hydrogen-bond donors (Lipinski definition) is 0. The van der Waals surface area contributed by atoms with Crippen LogP contribution in [0.5, 0.6) is 0 Å². The van der Waals surface area contributed by atoms with Crippen LogP contribution in [0.25, 0.3) is 0 Å². The molecule has 0 N–H and O–H groups in total. The molecule has 0 bridgehead atoms. The number of aromatic nitrogens is 1. The molecule has 70 valence electrons. The van der Waals surface area contributed by atoms with Gasteiger partial charge in [-0.25, -0.2) is 0 Å². The molecule has 0 saturated heterocycles. The molecule has 0 aromatic carbocycles. The van der Waals surface area contributed by atoms with Gasteiger partial charge in [-0.3, -0.25) is 9.78 Å². The van der Waals surface area contributed by atoms with E-state index in [0.717, 1.165) is 12.8 Å². The molecule has 2 heteroatoms. The highest BCUT2D eigenvalue weighted by molar-refractivity contribution is 5.77. The molecule has 0 amide bonds. The van der Waals surface area contributed by atoms with Gasteiger partial charge >= 0.3 is 0 Å². The predicted octanol–water partition coefficient (Wildman–Crippen LogP) is 2.38. The number of carbonyl (C=O) groups excluding carboxylic acids is 1. The van der Waals surface area contributed by atoms with Crippen LogP contribution in [0.4, 0.5) is 0 Å². The Hall–Kier alpha value is -1.18. The fourth-order valence-electron chi connectivity index (χ4n) is 1.21. The second-order valence-electron chi connectivity index (χ2n) is 3.11. The Labute approximate surface area is 79.0 Å². The van der Waals surface area contributed by atoms with E-state index in [9.17, 15) is 4.79 Å². The first kappa shape index (κ1) is 9.90. The highest BCUT2D eigenvalue weighted by atomic mass is 16.1. The summed E-state index contributed by atoms with van der Waals surface area (Å²) in [5.74, 6) is 0.351. The van der Waals surface area contributed by atoms with Gasteiger partial charge in [-0.05, 0) is 24.5 Å². The molecule has 1 aromatic rings. The maximum absolute atomic E-state index is 11.0. The van der Waals surface area contributed by atoms with Crippen LogP contribution >= 0.6 is 0 Å². The zero-order chi connectivity index (χ0) is 9.52. The Balaban J connectivity index is 2.24. The summed E-state index contributed by atoms with van der Waals surface area (Å²) in [4.78, 5) is 15.0. The van der Waals surface area contributed by atoms with Crippen LogP contribution in [0.15, 0.2) is 24.5 Å². The molecule has 0 fully saturated rings. The molecular weight excluding hydrogens is 162 g/mol. The molecule has 1 aromatic heterocycles. The van der Waals surface area contributed by atoms with Gasteiger partial charge in [-0.2, -0.15) is 0 Å². The van der Waals surface area contributed by atoms with Crippen molar-refractivity contribution in [2.45, 2.75) is 32.6 Å². The Morgan fingerprint density at radius 3 is 3.00 bits per heavy atom. The zero-order valence-corrected chi connectivity index (χ0v) is 7.99. The van der Waals surface area contributed by atoms with Gasteiger partial charge in [0, 0.05) is 25.2 Å². The fraction of sp³-hybridized carbons (Fsp3) is 0.455. The summed E-state index contributed by atoms with van der Waals surface area (Å²) >= 11 is 0. The topological polar surface area (TPSA) is 30.0 Å². The Morgan fingerprint density at radius 1 is 1.54 bits per heavy atom. The Morgan fingerprint density at radius 2 is 2.38 bits per heavy atom. The number of carbonyl (C=O) groups is 1. The van der Waals surface area contributed by atoms with Crippen molar-refractivity contribution in [1.82, 2.24) is 4.98 Å². The van der Waals surface area contributed by atoms with Crippen molar-refractivity contribution >= 4 is 5.78 Å². The monoisotopic (exact) mass is 177 g/mol. The molecular formula is C11H15NO. The lowest BCUT2D eigenvalue weighted by atomic mass is 10.1. The maximum Gasteiger partial charge on any atom is 0.132 e. The average Bonchev–Trinajstić information content (AvgIpc) is 2.19. The first-order chi connectivity index (χ1) is 6.33.